The first-order valence-electron chi connectivity index (χ1n) is 17.1. The summed E-state index contributed by atoms with van der Waals surface area (Å²) in [5.74, 6) is 1.77. The van der Waals surface area contributed by atoms with E-state index >= 15 is 0 Å². The Morgan fingerprint density at radius 1 is 0.620 bits per heavy atom. The number of oxazole rings is 2. The Kier molecular flexibility index (Phi) is 9.69. The second kappa shape index (κ2) is 14.8. The molecule has 2 aromatic heterocycles. The topological polar surface area (TPSA) is 105 Å². The lowest BCUT2D eigenvalue weighted by Crippen LogP contribution is -2.06. The fraction of sp³-hybridized carbons (Fsp3) is 0.238. The highest BCUT2D eigenvalue weighted by atomic mass is 16.5. The van der Waals surface area contributed by atoms with Crippen LogP contribution in [0.1, 0.15) is 37.8 Å². The average molecular weight is 667 g/mol. The number of nitrogens with zero attached hydrogens (tertiary/aromatic N) is 2. The van der Waals surface area contributed by atoms with Crippen LogP contribution in [0, 0.1) is 23.7 Å². The van der Waals surface area contributed by atoms with E-state index in [9.17, 15) is 9.59 Å². The third-order valence-corrected chi connectivity index (χ3v) is 8.83. The maximum Gasteiger partial charge on any atom is 0.309 e. The van der Waals surface area contributed by atoms with Crippen LogP contribution in [0.25, 0.3) is 57.3 Å². The van der Waals surface area contributed by atoms with E-state index in [1.54, 1.807) is 0 Å². The van der Waals surface area contributed by atoms with Gasteiger partial charge in [0.1, 0.15) is 11.0 Å². The minimum atomic E-state index is -0.0801. The number of hydrogen-bond donors (Lipinski definition) is 0. The van der Waals surface area contributed by atoms with E-state index in [2.05, 4.69) is 34.3 Å². The minimum absolute atomic E-state index is 0.0372. The first kappa shape index (κ1) is 32.8. The Bertz CT molecular complexity index is 1940. The van der Waals surface area contributed by atoms with E-state index in [-0.39, 0.29) is 23.8 Å². The zero-order valence-electron chi connectivity index (χ0n) is 28.0. The number of aromatic nitrogens is 2. The predicted molar refractivity (Wildman–Crippen MR) is 193 cm³/mol. The Hall–Kier alpha value is -5.76. The predicted octanol–water partition coefficient (Wildman–Crippen LogP) is 9.41. The zero-order chi connectivity index (χ0) is 34.5. The van der Waals surface area contributed by atoms with Crippen LogP contribution < -0.4 is 0 Å². The van der Waals surface area contributed by atoms with Gasteiger partial charge < -0.3 is 18.3 Å². The zero-order valence-corrected chi connectivity index (χ0v) is 28.0. The van der Waals surface area contributed by atoms with Crippen molar-refractivity contribution in [2.24, 2.45) is 23.7 Å². The maximum absolute atomic E-state index is 11.6. The van der Waals surface area contributed by atoms with Gasteiger partial charge >= 0.3 is 11.9 Å². The van der Waals surface area contributed by atoms with Gasteiger partial charge in [0, 0.05) is 11.1 Å². The molecule has 50 heavy (non-hydrogen) atoms. The second-order valence-electron chi connectivity index (χ2n) is 12.5. The largest absolute Gasteiger partial charge is 0.466 e. The third-order valence-electron chi connectivity index (χ3n) is 8.83. The minimum Gasteiger partial charge on any atom is -0.466 e. The molecule has 0 N–H and O–H groups in total. The summed E-state index contributed by atoms with van der Waals surface area (Å²) in [6.07, 6.45) is 10.1. The molecule has 6 aromatic rings. The number of ether oxygens (including phenoxy) is 2. The molecule has 2 saturated carbocycles. The number of fused-ring (bicyclic) bond motifs is 2. The SMILES string of the molecule is CCOC(=O)[C@@H]1C[C@H]1/C=C/c1ccc(-c2nc3ccccc3o2)cc1.CCOC(=O)[C@@H]1C[C@H]1/C=C\c1ccc(-c2nc3ccccc3o2)cc1. The highest BCUT2D eigenvalue weighted by molar-refractivity contribution is 5.79. The van der Waals surface area contributed by atoms with Crippen molar-refractivity contribution < 1.29 is 27.9 Å². The molecule has 0 bridgehead atoms. The van der Waals surface area contributed by atoms with Gasteiger partial charge in [-0.15, -0.1) is 0 Å². The van der Waals surface area contributed by atoms with Gasteiger partial charge in [-0.25, -0.2) is 9.97 Å². The Morgan fingerprint density at radius 2 is 1.02 bits per heavy atom. The lowest BCUT2D eigenvalue weighted by Gasteiger charge is -1.99. The summed E-state index contributed by atoms with van der Waals surface area (Å²) in [5, 5.41) is 0. The number of rotatable bonds is 10. The molecule has 0 spiro atoms. The smallest absolute Gasteiger partial charge is 0.309 e. The lowest BCUT2D eigenvalue weighted by molar-refractivity contribution is -0.145. The molecule has 252 valence electrons. The first-order valence-corrected chi connectivity index (χ1v) is 17.1. The Morgan fingerprint density at radius 3 is 1.40 bits per heavy atom. The molecule has 2 aliphatic rings. The van der Waals surface area contributed by atoms with Crippen molar-refractivity contribution in [1.82, 2.24) is 9.97 Å². The second-order valence-corrected chi connectivity index (χ2v) is 12.5. The number of hydrogen-bond acceptors (Lipinski definition) is 8. The lowest BCUT2D eigenvalue weighted by atomic mass is 10.1. The van der Waals surface area contributed by atoms with Gasteiger partial charge in [-0.3, -0.25) is 9.59 Å². The van der Waals surface area contributed by atoms with E-state index in [0.717, 1.165) is 57.3 Å². The first-order chi connectivity index (χ1) is 24.5. The standard InChI is InChI=1S/2C21H19NO3/c2*1-2-24-21(23)17-13-16(17)12-9-14-7-10-15(11-8-14)20-22-18-5-3-4-6-19(18)25-20/h2*3-12,16-17H,2,13H2,1H3/b12-9+;12-9-/t2*16-,17-/m11/s1. The van der Waals surface area contributed by atoms with Crippen molar-refractivity contribution in [3.8, 4) is 22.9 Å². The van der Waals surface area contributed by atoms with Crippen molar-refractivity contribution in [2.45, 2.75) is 26.7 Å². The number of carbonyl (C=O) groups excluding carboxylic acids is 2. The molecule has 2 heterocycles. The van der Waals surface area contributed by atoms with Crippen molar-refractivity contribution >= 4 is 46.3 Å². The highest BCUT2D eigenvalue weighted by Gasteiger charge is 2.42. The van der Waals surface area contributed by atoms with E-state index in [1.165, 1.54) is 0 Å². The van der Waals surface area contributed by atoms with Gasteiger partial charge in [0.05, 0.1) is 25.0 Å². The maximum atomic E-state index is 11.6. The van der Waals surface area contributed by atoms with Crippen LogP contribution in [0.15, 0.2) is 118 Å². The summed E-state index contributed by atoms with van der Waals surface area (Å²) in [4.78, 5) is 32.3. The average Bonchev–Trinajstić information content (AvgIpc) is 4.02. The van der Waals surface area contributed by atoms with Crippen LogP contribution in [0.5, 0.6) is 0 Å². The molecule has 2 fully saturated rings. The van der Waals surface area contributed by atoms with Gasteiger partial charge in [-0.1, -0.05) is 72.8 Å². The molecule has 0 saturated heterocycles. The van der Waals surface area contributed by atoms with Gasteiger partial charge in [-0.2, -0.15) is 0 Å². The van der Waals surface area contributed by atoms with Crippen molar-refractivity contribution in [2.75, 3.05) is 13.2 Å². The Balaban J connectivity index is 0.000000157. The molecule has 0 unspecified atom stereocenters. The molecule has 0 radical (unpaired) electrons. The van der Waals surface area contributed by atoms with Crippen LogP contribution in [0.3, 0.4) is 0 Å². The van der Waals surface area contributed by atoms with Gasteiger partial charge in [-0.05, 0) is 98.2 Å². The normalized spacial score (nSPS) is 19.4. The summed E-state index contributed by atoms with van der Waals surface area (Å²) in [5.41, 5.74) is 7.39. The van der Waals surface area contributed by atoms with Crippen LogP contribution in [0.2, 0.25) is 0 Å². The number of para-hydroxylation sites is 4. The fourth-order valence-corrected chi connectivity index (χ4v) is 5.83. The van der Waals surface area contributed by atoms with Crippen LogP contribution >= 0.6 is 0 Å². The molecule has 0 amide bonds. The van der Waals surface area contributed by atoms with E-state index in [4.69, 9.17) is 18.3 Å². The molecule has 0 aliphatic heterocycles. The van der Waals surface area contributed by atoms with Crippen LogP contribution in [-0.2, 0) is 19.1 Å². The molecule has 8 nitrogen and oxygen atoms in total. The molecular formula is C42H38N2O6. The van der Waals surface area contributed by atoms with Gasteiger partial charge in [0.2, 0.25) is 11.8 Å². The summed E-state index contributed by atoms with van der Waals surface area (Å²) >= 11 is 0. The molecule has 4 aromatic carbocycles. The van der Waals surface area contributed by atoms with Crippen molar-refractivity contribution in [3.63, 3.8) is 0 Å². The third kappa shape index (κ3) is 7.76. The fourth-order valence-electron chi connectivity index (χ4n) is 5.83. The summed E-state index contributed by atoms with van der Waals surface area (Å²) < 4.78 is 21.7. The monoisotopic (exact) mass is 666 g/mol. The summed E-state index contributed by atoms with van der Waals surface area (Å²) in [6.45, 7) is 4.57. The quantitative estimate of drug-likeness (QED) is 0.133. The number of carbonyl (C=O) groups is 2. The van der Waals surface area contributed by atoms with Gasteiger partial charge in [0.15, 0.2) is 11.2 Å². The number of allylic oxidation sites excluding steroid dienone is 2. The van der Waals surface area contributed by atoms with E-state index in [1.807, 2.05) is 111 Å². The number of benzene rings is 4. The van der Waals surface area contributed by atoms with Crippen molar-refractivity contribution in [1.29, 1.82) is 0 Å². The Labute approximate surface area is 290 Å². The van der Waals surface area contributed by atoms with Gasteiger partial charge in [0.25, 0.3) is 0 Å². The molecule has 8 rings (SSSR count). The van der Waals surface area contributed by atoms with Crippen LogP contribution in [0.4, 0.5) is 0 Å². The summed E-state index contributed by atoms with van der Waals surface area (Å²) in [6, 6.07) is 31.6. The van der Waals surface area contributed by atoms with E-state index in [0.29, 0.717) is 36.8 Å². The highest BCUT2D eigenvalue weighted by Crippen LogP contribution is 2.42. The van der Waals surface area contributed by atoms with E-state index < -0.39 is 0 Å². The van der Waals surface area contributed by atoms with Crippen molar-refractivity contribution in [3.05, 3.63) is 120 Å². The molecular weight excluding hydrogens is 628 g/mol. The number of esters is 2. The van der Waals surface area contributed by atoms with Crippen LogP contribution in [-0.4, -0.2) is 35.1 Å². The molecule has 2 aliphatic carbocycles. The summed E-state index contributed by atoms with van der Waals surface area (Å²) in [7, 11) is 0. The molecule has 8 heteroatoms. The molecule has 4 atom stereocenters.